The molecule has 4 nitrogen and oxygen atoms in total. The smallest absolute Gasteiger partial charge is 0.255 e. The lowest BCUT2D eigenvalue weighted by molar-refractivity contribution is 0.373. The van der Waals surface area contributed by atoms with Gasteiger partial charge in [0.15, 0.2) is 11.5 Å². The monoisotopic (exact) mass is 231 g/mol. The molecule has 0 saturated carbocycles. The van der Waals surface area contributed by atoms with Gasteiger partial charge in [0.1, 0.15) is 0 Å². The van der Waals surface area contributed by atoms with Crippen LogP contribution in [0.5, 0.6) is 11.5 Å². The number of hydrogen-bond donors (Lipinski definition) is 1. The first-order valence-electron chi connectivity index (χ1n) is 5.18. The van der Waals surface area contributed by atoms with Gasteiger partial charge in [0, 0.05) is 18.3 Å². The van der Waals surface area contributed by atoms with Crippen molar-refractivity contribution >= 4 is 0 Å². The van der Waals surface area contributed by atoms with Gasteiger partial charge in [-0.2, -0.15) is 0 Å². The average Bonchev–Trinajstić information content (AvgIpc) is 2.30. The molecule has 0 unspecified atom stereocenters. The van der Waals surface area contributed by atoms with Crippen molar-refractivity contribution in [2.45, 2.75) is 6.92 Å². The molecule has 0 aliphatic carbocycles. The second-order valence-corrected chi connectivity index (χ2v) is 3.77. The lowest BCUT2D eigenvalue weighted by atomic mass is 10.2. The van der Waals surface area contributed by atoms with Crippen molar-refractivity contribution in [2.24, 2.45) is 0 Å². The predicted molar refractivity (Wildman–Crippen MR) is 65.0 cm³/mol. The van der Waals surface area contributed by atoms with Crippen LogP contribution >= 0.6 is 0 Å². The van der Waals surface area contributed by atoms with E-state index in [2.05, 4.69) is 0 Å². The van der Waals surface area contributed by atoms with Crippen molar-refractivity contribution in [1.82, 2.24) is 4.57 Å². The number of benzene rings is 1. The maximum Gasteiger partial charge on any atom is 0.255 e. The average molecular weight is 231 g/mol. The molecule has 0 aliphatic rings. The van der Waals surface area contributed by atoms with E-state index in [1.807, 2.05) is 13.0 Å². The van der Waals surface area contributed by atoms with Crippen molar-refractivity contribution in [3.8, 4) is 17.2 Å². The zero-order chi connectivity index (χ0) is 12.4. The van der Waals surface area contributed by atoms with Gasteiger partial charge in [0.2, 0.25) is 0 Å². The molecule has 88 valence electrons. The number of methoxy groups -OCH3 is 1. The second kappa shape index (κ2) is 4.33. The summed E-state index contributed by atoms with van der Waals surface area (Å²) in [7, 11) is 1.47. The highest BCUT2D eigenvalue weighted by atomic mass is 16.5. The van der Waals surface area contributed by atoms with Gasteiger partial charge >= 0.3 is 0 Å². The standard InChI is InChI=1S/C13H13NO3/c1-9-5-6-14(13(16)7-9)10-3-4-11(15)12(8-10)17-2/h3-8,15H,1-2H3. The van der Waals surface area contributed by atoms with Crippen LogP contribution in [0, 0.1) is 6.92 Å². The first kappa shape index (κ1) is 11.3. The minimum absolute atomic E-state index is 0.0522. The van der Waals surface area contributed by atoms with Crippen LogP contribution in [0.4, 0.5) is 0 Å². The van der Waals surface area contributed by atoms with Crippen LogP contribution < -0.4 is 10.3 Å². The topological polar surface area (TPSA) is 51.5 Å². The predicted octanol–water partition coefficient (Wildman–Crippen LogP) is 1.86. The van der Waals surface area contributed by atoms with Crippen molar-refractivity contribution in [3.63, 3.8) is 0 Å². The van der Waals surface area contributed by atoms with Crippen LogP contribution in [0.3, 0.4) is 0 Å². The molecule has 1 N–H and O–H groups in total. The number of phenolic OH excluding ortho intramolecular Hbond substituents is 1. The molecule has 4 heteroatoms. The zero-order valence-electron chi connectivity index (χ0n) is 9.68. The summed E-state index contributed by atoms with van der Waals surface area (Å²) in [4.78, 5) is 11.8. The van der Waals surface area contributed by atoms with E-state index in [1.54, 1.807) is 24.4 Å². The van der Waals surface area contributed by atoms with E-state index in [0.717, 1.165) is 5.56 Å². The van der Waals surface area contributed by atoms with Gasteiger partial charge in [-0.25, -0.2) is 0 Å². The fraction of sp³-hybridized carbons (Fsp3) is 0.154. The highest BCUT2D eigenvalue weighted by molar-refractivity contribution is 5.48. The highest BCUT2D eigenvalue weighted by Gasteiger charge is 2.05. The van der Waals surface area contributed by atoms with Crippen LogP contribution in [0.15, 0.2) is 41.3 Å². The summed E-state index contributed by atoms with van der Waals surface area (Å²) in [5, 5.41) is 9.48. The maximum absolute atomic E-state index is 11.8. The molecule has 0 radical (unpaired) electrons. The zero-order valence-corrected chi connectivity index (χ0v) is 9.68. The summed E-state index contributed by atoms with van der Waals surface area (Å²) in [5.41, 5.74) is 1.46. The third-order valence-corrected chi connectivity index (χ3v) is 2.52. The van der Waals surface area contributed by atoms with Gasteiger partial charge in [-0.1, -0.05) is 0 Å². The molecular weight excluding hydrogens is 218 g/mol. The van der Waals surface area contributed by atoms with E-state index in [0.29, 0.717) is 11.4 Å². The number of aromatic hydroxyl groups is 1. The molecule has 2 aromatic rings. The maximum atomic E-state index is 11.8. The second-order valence-electron chi connectivity index (χ2n) is 3.77. The van der Waals surface area contributed by atoms with Crippen LogP contribution in [0.25, 0.3) is 5.69 Å². The Hall–Kier alpha value is -2.23. The molecule has 0 atom stereocenters. The summed E-state index contributed by atoms with van der Waals surface area (Å²) in [5.74, 6) is 0.395. The van der Waals surface area contributed by atoms with Crippen LogP contribution in [0.2, 0.25) is 0 Å². The lowest BCUT2D eigenvalue weighted by Crippen LogP contribution is -2.16. The van der Waals surface area contributed by atoms with E-state index in [1.165, 1.54) is 17.7 Å². The number of rotatable bonds is 2. The van der Waals surface area contributed by atoms with Crippen molar-refractivity contribution in [2.75, 3.05) is 7.11 Å². The molecule has 0 spiro atoms. The minimum atomic E-state index is -0.113. The normalized spacial score (nSPS) is 10.2. The number of hydrogen-bond acceptors (Lipinski definition) is 3. The molecule has 1 aromatic heterocycles. The summed E-state index contributed by atoms with van der Waals surface area (Å²) in [6.07, 6.45) is 1.70. The van der Waals surface area contributed by atoms with E-state index >= 15 is 0 Å². The first-order chi connectivity index (χ1) is 8.11. The molecular formula is C13H13NO3. The van der Waals surface area contributed by atoms with Gasteiger partial charge in [-0.3, -0.25) is 9.36 Å². The SMILES string of the molecule is COc1cc(-n2ccc(C)cc2=O)ccc1O. The van der Waals surface area contributed by atoms with Gasteiger partial charge in [-0.15, -0.1) is 0 Å². The third kappa shape index (κ3) is 2.15. The van der Waals surface area contributed by atoms with Gasteiger partial charge in [0.05, 0.1) is 12.8 Å². The molecule has 0 amide bonds. The van der Waals surface area contributed by atoms with Gasteiger partial charge in [0.25, 0.3) is 5.56 Å². The van der Waals surface area contributed by atoms with Gasteiger partial charge < -0.3 is 9.84 Å². The van der Waals surface area contributed by atoms with Crippen molar-refractivity contribution < 1.29 is 9.84 Å². The Balaban J connectivity index is 2.57. The van der Waals surface area contributed by atoms with Gasteiger partial charge in [-0.05, 0) is 30.7 Å². The Bertz CT molecular complexity index is 602. The number of phenols is 1. The molecule has 0 bridgehead atoms. The van der Waals surface area contributed by atoms with E-state index in [4.69, 9.17) is 4.74 Å². The molecule has 1 aromatic carbocycles. The molecule has 17 heavy (non-hydrogen) atoms. The number of nitrogens with zero attached hydrogens (tertiary/aromatic N) is 1. The molecule has 1 heterocycles. The summed E-state index contributed by atoms with van der Waals surface area (Å²) in [6, 6.07) is 8.18. The molecule has 0 aliphatic heterocycles. The van der Waals surface area contributed by atoms with Crippen LogP contribution in [-0.2, 0) is 0 Å². The Morgan fingerprint density at radius 1 is 1.24 bits per heavy atom. The summed E-state index contributed by atoms with van der Waals surface area (Å²) in [6.45, 7) is 1.86. The quantitative estimate of drug-likeness (QED) is 0.858. The number of aryl methyl sites for hydroxylation is 1. The Morgan fingerprint density at radius 3 is 2.65 bits per heavy atom. The Labute approximate surface area is 98.7 Å². The molecule has 0 fully saturated rings. The largest absolute Gasteiger partial charge is 0.504 e. The number of ether oxygens (including phenoxy) is 1. The first-order valence-corrected chi connectivity index (χ1v) is 5.18. The highest BCUT2D eigenvalue weighted by Crippen LogP contribution is 2.27. The Morgan fingerprint density at radius 2 is 2.00 bits per heavy atom. The fourth-order valence-corrected chi connectivity index (χ4v) is 1.61. The third-order valence-electron chi connectivity index (χ3n) is 2.52. The Kier molecular flexibility index (Phi) is 2.87. The fourth-order valence-electron chi connectivity index (χ4n) is 1.61. The van der Waals surface area contributed by atoms with Crippen molar-refractivity contribution in [3.05, 3.63) is 52.4 Å². The minimum Gasteiger partial charge on any atom is -0.504 e. The molecule has 2 rings (SSSR count). The number of aromatic nitrogens is 1. The van der Waals surface area contributed by atoms with Crippen LogP contribution in [-0.4, -0.2) is 16.8 Å². The lowest BCUT2D eigenvalue weighted by Gasteiger charge is -2.09. The van der Waals surface area contributed by atoms with E-state index < -0.39 is 0 Å². The van der Waals surface area contributed by atoms with E-state index in [9.17, 15) is 9.90 Å². The summed E-state index contributed by atoms with van der Waals surface area (Å²) < 4.78 is 6.50. The summed E-state index contributed by atoms with van der Waals surface area (Å²) >= 11 is 0. The van der Waals surface area contributed by atoms with Crippen molar-refractivity contribution in [1.29, 1.82) is 0 Å². The molecule has 0 saturated heterocycles. The number of pyridine rings is 1. The van der Waals surface area contributed by atoms with Crippen LogP contribution in [0.1, 0.15) is 5.56 Å². The van der Waals surface area contributed by atoms with E-state index in [-0.39, 0.29) is 11.3 Å².